The number of amides is 2. The first-order chi connectivity index (χ1) is 7.61. The summed E-state index contributed by atoms with van der Waals surface area (Å²) in [4.78, 5) is 22.1. The third kappa shape index (κ3) is 7.17. The molecular weight excluding hydrogens is 228 g/mol. The molecule has 0 aromatic carbocycles. The number of carboxylic acids is 1. The van der Waals surface area contributed by atoms with E-state index in [0.717, 1.165) is 0 Å². The maximum absolute atomic E-state index is 11.3. The zero-order valence-electron chi connectivity index (χ0n) is 9.36. The molecule has 0 aliphatic rings. The molecule has 0 rings (SSSR count). The lowest BCUT2D eigenvalue weighted by Crippen LogP contribution is -2.46. The van der Waals surface area contributed by atoms with Gasteiger partial charge in [0.2, 0.25) is 0 Å². The monoisotopic (exact) mass is 246 g/mol. The van der Waals surface area contributed by atoms with Crippen LogP contribution < -0.4 is 10.6 Å². The molecule has 6 heteroatoms. The van der Waals surface area contributed by atoms with Crippen LogP contribution >= 0.6 is 11.8 Å². The van der Waals surface area contributed by atoms with E-state index in [4.69, 9.17) is 5.11 Å². The molecule has 0 aromatic rings. The normalized spacial score (nSPS) is 11.6. The number of nitrogens with one attached hydrogen (secondary N) is 2. The van der Waals surface area contributed by atoms with Crippen LogP contribution in [0.3, 0.4) is 0 Å². The summed E-state index contributed by atoms with van der Waals surface area (Å²) in [5.74, 6) is -0.308. The van der Waals surface area contributed by atoms with Gasteiger partial charge in [-0.25, -0.2) is 9.59 Å². The summed E-state index contributed by atoms with van der Waals surface area (Å²) in [7, 11) is 0. The molecule has 1 atom stereocenters. The fourth-order valence-electron chi connectivity index (χ4n) is 0.990. The highest BCUT2D eigenvalue weighted by atomic mass is 32.2. The number of hydrogen-bond acceptors (Lipinski definition) is 3. The summed E-state index contributed by atoms with van der Waals surface area (Å²) < 4.78 is 0. The summed E-state index contributed by atoms with van der Waals surface area (Å²) in [5, 5.41) is 13.8. The van der Waals surface area contributed by atoms with E-state index >= 15 is 0 Å². The van der Waals surface area contributed by atoms with Crippen molar-refractivity contribution in [1.82, 2.24) is 10.6 Å². The van der Waals surface area contributed by atoms with E-state index in [1.54, 1.807) is 17.8 Å². The molecule has 0 saturated carbocycles. The average Bonchev–Trinajstić information content (AvgIpc) is 2.24. The van der Waals surface area contributed by atoms with E-state index in [1.807, 2.05) is 6.26 Å². The smallest absolute Gasteiger partial charge is 0.326 e. The van der Waals surface area contributed by atoms with Crippen molar-refractivity contribution in [2.24, 2.45) is 0 Å². The zero-order valence-corrected chi connectivity index (χ0v) is 10.2. The van der Waals surface area contributed by atoms with Gasteiger partial charge < -0.3 is 15.7 Å². The Hall–Kier alpha value is -1.17. The Morgan fingerprint density at radius 3 is 2.75 bits per heavy atom. The van der Waals surface area contributed by atoms with Crippen molar-refractivity contribution in [3.63, 3.8) is 0 Å². The van der Waals surface area contributed by atoms with E-state index in [-0.39, 0.29) is 0 Å². The lowest BCUT2D eigenvalue weighted by molar-refractivity contribution is -0.139. The number of aliphatic carboxylic acids is 1. The first kappa shape index (κ1) is 14.8. The second-order valence-electron chi connectivity index (χ2n) is 3.15. The molecule has 16 heavy (non-hydrogen) atoms. The number of hydrogen-bond donors (Lipinski definition) is 3. The van der Waals surface area contributed by atoms with Crippen molar-refractivity contribution < 1.29 is 14.7 Å². The van der Waals surface area contributed by atoms with E-state index in [9.17, 15) is 9.59 Å². The van der Waals surface area contributed by atoms with Crippen LogP contribution in [0.1, 0.15) is 12.8 Å². The van der Waals surface area contributed by atoms with Crippen LogP contribution in [0.25, 0.3) is 0 Å². The van der Waals surface area contributed by atoms with Gasteiger partial charge in [0, 0.05) is 6.54 Å². The molecule has 92 valence electrons. The van der Waals surface area contributed by atoms with Gasteiger partial charge in [-0.15, -0.1) is 6.58 Å². The minimum absolute atomic E-state index is 0.422. The molecule has 0 heterocycles. The SMILES string of the molecule is C=CCCNC(=O)N[C@H](CCSC)C(=O)O. The average molecular weight is 246 g/mol. The first-order valence-electron chi connectivity index (χ1n) is 4.98. The Bertz CT molecular complexity index is 246. The van der Waals surface area contributed by atoms with Gasteiger partial charge in [-0.2, -0.15) is 11.8 Å². The third-order valence-corrected chi connectivity index (χ3v) is 2.49. The van der Waals surface area contributed by atoms with Gasteiger partial charge in [-0.3, -0.25) is 0 Å². The number of urea groups is 1. The Labute approximate surface area is 99.7 Å². The number of rotatable bonds is 8. The van der Waals surface area contributed by atoms with Gasteiger partial charge in [0.15, 0.2) is 0 Å². The molecule has 0 bridgehead atoms. The van der Waals surface area contributed by atoms with Gasteiger partial charge in [-0.1, -0.05) is 6.08 Å². The molecule has 0 aromatic heterocycles. The fourth-order valence-corrected chi connectivity index (χ4v) is 1.46. The first-order valence-corrected chi connectivity index (χ1v) is 6.38. The fraction of sp³-hybridized carbons (Fsp3) is 0.600. The summed E-state index contributed by atoms with van der Waals surface area (Å²) >= 11 is 1.55. The highest BCUT2D eigenvalue weighted by Gasteiger charge is 2.18. The van der Waals surface area contributed by atoms with Crippen molar-refractivity contribution in [2.45, 2.75) is 18.9 Å². The van der Waals surface area contributed by atoms with Crippen LogP contribution in [-0.2, 0) is 4.79 Å². The molecule has 3 N–H and O–H groups in total. The molecular formula is C10H18N2O3S. The lowest BCUT2D eigenvalue weighted by Gasteiger charge is -2.14. The molecule has 2 amide bonds. The van der Waals surface area contributed by atoms with E-state index < -0.39 is 18.0 Å². The van der Waals surface area contributed by atoms with E-state index in [0.29, 0.717) is 25.1 Å². The molecule has 0 unspecified atom stereocenters. The summed E-state index contributed by atoms with van der Waals surface area (Å²) in [6, 6.07) is -1.27. The van der Waals surface area contributed by atoms with Crippen LogP contribution in [-0.4, -0.2) is 41.7 Å². The summed E-state index contributed by atoms with van der Waals surface area (Å²) in [5.41, 5.74) is 0. The van der Waals surface area contributed by atoms with E-state index in [2.05, 4.69) is 17.2 Å². The van der Waals surface area contributed by atoms with Gasteiger partial charge in [0.25, 0.3) is 0 Å². The Kier molecular flexibility index (Phi) is 8.42. The predicted molar refractivity (Wildman–Crippen MR) is 65.8 cm³/mol. The second-order valence-corrected chi connectivity index (χ2v) is 4.14. The van der Waals surface area contributed by atoms with Gasteiger partial charge in [0.1, 0.15) is 6.04 Å². The number of thioether (sulfide) groups is 1. The van der Waals surface area contributed by atoms with Crippen molar-refractivity contribution in [1.29, 1.82) is 0 Å². The Morgan fingerprint density at radius 2 is 2.25 bits per heavy atom. The third-order valence-electron chi connectivity index (χ3n) is 1.85. The molecule has 0 saturated heterocycles. The topological polar surface area (TPSA) is 78.4 Å². The molecule has 0 fully saturated rings. The van der Waals surface area contributed by atoms with Crippen LogP contribution in [0, 0.1) is 0 Å². The minimum Gasteiger partial charge on any atom is -0.480 e. The Balaban J connectivity index is 3.92. The van der Waals surface area contributed by atoms with Gasteiger partial charge in [0.05, 0.1) is 0 Å². The second kappa shape index (κ2) is 9.08. The van der Waals surface area contributed by atoms with Crippen LogP contribution in [0.5, 0.6) is 0 Å². The quantitative estimate of drug-likeness (QED) is 0.442. The molecule has 0 spiro atoms. The molecule has 0 radical (unpaired) electrons. The Morgan fingerprint density at radius 1 is 1.56 bits per heavy atom. The van der Waals surface area contributed by atoms with Crippen molar-refractivity contribution in [3.05, 3.63) is 12.7 Å². The number of carboxylic acid groups (broad SMARTS) is 1. The molecule has 5 nitrogen and oxygen atoms in total. The summed E-state index contributed by atoms with van der Waals surface area (Å²) in [6.45, 7) is 3.98. The number of carbonyl (C=O) groups excluding carboxylic acids is 1. The molecule has 0 aliphatic carbocycles. The zero-order chi connectivity index (χ0) is 12.4. The van der Waals surface area contributed by atoms with Crippen molar-refractivity contribution >= 4 is 23.8 Å². The predicted octanol–water partition coefficient (Wildman–Crippen LogP) is 1.07. The van der Waals surface area contributed by atoms with Crippen LogP contribution in [0.4, 0.5) is 4.79 Å². The highest BCUT2D eigenvalue weighted by molar-refractivity contribution is 7.98. The summed E-state index contributed by atoms with van der Waals surface area (Å²) in [6.07, 6.45) is 4.66. The maximum atomic E-state index is 11.3. The van der Waals surface area contributed by atoms with Crippen molar-refractivity contribution in [3.8, 4) is 0 Å². The number of carbonyl (C=O) groups is 2. The van der Waals surface area contributed by atoms with Crippen LogP contribution in [0.15, 0.2) is 12.7 Å². The lowest BCUT2D eigenvalue weighted by atomic mass is 10.2. The highest BCUT2D eigenvalue weighted by Crippen LogP contribution is 2.00. The van der Waals surface area contributed by atoms with Gasteiger partial charge >= 0.3 is 12.0 Å². The maximum Gasteiger partial charge on any atom is 0.326 e. The standard InChI is InChI=1S/C10H18N2O3S/c1-3-4-6-11-10(15)12-8(9(13)14)5-7-16-2/h3,8H,1,4-7H2,2H3,(H,13,14)(H2,11,12,15)/t8-/m1/s1. The van der Waals surface area contributed by atoms with Gasteiger partial charge in [-0.05, 0) is 24.9 Å². The van der Waals surface area contributed by atoms with Crippen LogP contribution in [0.2, 0.25) is 0 Å². The largest absolute Gasteiger partial charge is 0.480 e. The van der Waals surface area contributed by atoms with Crippen molar-refractivity contribution in [2.75, 3.05) is 18.6 Å². The van der Waals surface area contributed by atoms with E-state index in [1.165, 1.54) is 0 Å². The minimum atomic E-state index is -1.01. The molecule has 0 aliphatic heterocycles.